The van der Waals surface area contributed by atoms with Gasteiger partial charge in [-0.05, 0) is 110 Å². The normalized spacial score (nSPS) is 14.7. The molecule has 0 radical (unpaired) electrons. The van der Waals surface area contributed by atoms with E-state index in [1.54, 1.807) is 11.1 Å². The summed E-state index contributed by atoms with van der Waals surface area (Å²) in [6.07, 6.45) is 7.01. The Hall–Kier alpha value is -6.78. The van der Waals surface area contributed by atoms with Gasteiger partial charge in [-0.1, -0.05) is 72.8 Å². The van der Waals surface area contributed by atoms with Crippen molar-refractivity contribution in [1.82, 2.24) is 17.9 Å². The van der Waals surface area contributed by atoms with Crippen LogP contribution < -0.4 is 0 Å². The lowest BCUT2D eigenvalue weighted by Crippen LogP contribution is -1.94. The maximum absolute atomic E-state index is 2.70. The second-order valence-corrected chi connectivity index (χ2v) is 16.6. The average Bonchev–Trinajstić information content (AvgIpc) is 4.11. The Morgan fingerprint density at radius 3 is 1.23 bits per heavy atom. The van der Waals surface area contributed by atoms with Crippen LogP contribution in [0.3, 0.4) is 0 Å². The Kier molecular flexibility index (Phi) is 4.97. The Morgan fingerprint density at radius 2 is 0.750 bits per heavy atom. The molecule has 2 aliphatic carbocycles. The van der Waals surface area contributed by atoms with E-state index in [1.807, 2.05) is 0 Å². The zero-order valence-corrected chi connectivity index (χ0v) is 30.7. The number of aryl methyl sites for hydroxylation is 4. The Morgan fingerprint density at radius 1 is 0.321 bits per heavy atom. The summed E-state index contributed by atoms with van der Waals surface area (Å²) in [5.41, 5.74) is 19.3. The van der Waals surface area contributed by atoms with Crippen molar-refractivity contribution in [2.75, 3.05) is 0 Å². The standard InChI is InChI=1S/C52H34N4/c1-3-13-29(14-4-1)53-41-21-9-7-17-31(41)35-25-37-33-19-11-23-43(33)55-45-28-46-40(27-39(45)47(49(35)53)51(37)55)48-50-36(26-38-34-20-12-24-44(34)56(46)52(38)48)32-18-8-10-22-42(32)54(50)30-15-5-2-6-16-30/h1-10,13-18,21-22,25-28H,11-12,19-20,23-24H2. The van der Waals surface area contributed by atoms with Crippen molar-refractivity contribution in [1.29, 1.82) is 0 Å². The molecule has 0 bridgehead atoms. The van der Waals surface area contributed by atoms with Gasteiger partial charge in [0.25, 0.3) is 0 Å². The Labute approximate surface area is 320 Å². The summed E-state index contributed by atoms with van der Waals surface area (Å²) in [5.74, 6) is 0. The molecule has 0 saturated heterocycles. The number of nitrogens with zero attached hydrogens (tertiary/aromatic N) is 4. The molecule has 2 aliphatic rings. The van der Waals surface area contributed by atoms with Gasteiger partial charge in [-0.25, -0.2) is 0 Å². The highest BCUT2D eigenvalue weighted by atomic mass is 15.0. The van der Waals surface area contributed by atoms with Crippen LogP contribution >= 0.6 is 0 Å². The van der Waals surface area contributed by atoms with E-state index in [0.717, 1.165) is 25.7 Å². The van der Waals surface area contributed by atoms with Gasteiger partial charge in [-0.3, -0.25) is 0 Å². The summed E-state index contributed by atoms with van der Waals surface area (Å²) in [7, 11) is 0. The molecule has 0 aliphatic heterocycles. The molecule has 13 aromatic rings. The van der Waals surface area contributed by atoms with Crippen LogP contribution in [0.15, 0.2) is 133 Å². The summed E-state index contributed by atoms with van der Waals surface area (Å²) in [4.78, 5) is 0. The van der Waals surface area contributed by atoms with Crippen LogP contribution in [0.25, 0.3) is 109 Å². The smallest absolute Gasteiger partial charge is 0.0641 e. The maximum atomic E-state index is 2.70. The van der Waals surface area contributed by atoms with Crippen LogP contribution in [-0.4, -0.2) is 17.9 Å². The highest BCUT2D eigenvalue weighted by Gasteiger charge is 2.32. The van der Waals surface area contributed by atoms with Crippen LogP contribution in [0.1, 0.15) is 35.4 Å². The van der Waals surface area contributed by atoms with Crippen LogP contribution in [0.4, 0.5) is 0 Å². The van der Waals surface area contributed by atoms with Gasteiger partial charge in [-0.15, -0.1) is 0 Å². The van der Waals surface area contributed by atoms with Gasteiger partial charge >= 0.3 is 0 Å². The Bertz CT molecular complexity index is 3600. The third kappa shape index (κ3) is 3.14. The molecular weight excluding hydrogens is 681 g/mol. The molecule has 0 atom stereocenters. The van der Waals surface area contributed by atoms with Crippen molar-refractivity contribution in [2.24, 2.45) is 0 Å². The zero-order valence-electron chi connectivity index (χ0n) is 30.7. The van der Waals surface area contributed by atoms with E-state index in [0.29, 0.717) is 0 Å². The minimum atomic E-state index is 1.13. The van der Waals surface area contributed by atoms with Crippen LogP contribution in [0.2, 0.25) is 0 Å². The molecule has 0 N–H and O–H groups in total. The molecule has 262 valence electrons. The predicted molar refractivity (Wildman–Crippen MR) is 233 cm³/mol. The van der Waals surface area contributed by atoms with E-state index in [2.05, 4.69) is 151 Å². The van der Waals surface area contributed by atoms with Crippen molar-refractivity contribution in [3.8, 4) is 11.4 Å². The average molecular weight is 715 g/mol. The monoisotopic (exact) mass is 714 g/mol. The molecule has 56 heavy (non-hydrogen) atoms. The molecule has 0 amide bonds. The van der Waals surface area contributed by atoms with Gasteiger partial charge in [0.2, 0.25) is 0 Å². The van der Waals surface area contributed by atoms with Gasteiger partial charge in [-0.2, -0.15) is 0 Å². The quantitative estimate of drug-likeness (QED) is 0.170. The first-order valence-corrected chi connectivity index (χ1v) is 20.4. The fraction of sp³-hybridized carbons (Fsp3) is 0.115. The van der Waals surface area contributed by atoms with E-state index in [9.17, 15) is 0 Å². The predicted octanol–water partition coefficient (Wildman–Crippen LogP) is 12.9. The van der Waals surface area contributed by atoms with Crippen molar-refractivity contribution < 1.29 is 0 Å². The third-order valence-corrected chi connectivity index (χ3v) is 14.0. The number of rotatable bonds is 2. The lowest BCUT2D eigenvalue weighted by atomic mass is 9.99. The fourth-order valence-electron chi connectivity index (χ4n) is 12.0. The van der Waals surface area contributed by atoms with Gasteiger partial charge in [0.05, 0.1) is 44.1 Å². The number of benzene rings is 7. The maximum Gasteiger partial charge on any atom is 0.0641 e. The molecule has 4 nitrogen and oxygen atoms in total. The fourth-order valence-corrected chi connectivity index (χ4v) is 12.0. The van der Waals surface area contributed by atoms with Gasteiger partial charge in [0.15, 0.2) is 0 Å². The van der Waals surface area contributed by atoms with Crippen LogP contribution in [-0.2, 0) is 25.7 Å². The number of hydrogen-bond acceptors (Lipinski definition) is 0. The van der Waals surface area contributed by atoms with Crippen molar-refractivity contribution in [2.45, 2.75) is 38.5 Å². The van der Waals surface area contributed by atoms with E-state index in [4.69, 9.17) is 0 Å². The molecule has 0 spiro atoms. The second-order valence-electron chi connectivity index (χ2n) is 16.6. The van der Waals surface area contributed by atoms with E-state index in [1.165, 1.54) is 134 Å². The molecule has 7 aromatic carbocycles. The van der Waals surface area contributed by atoms with Gasteiger partial charge in [0.1, 0.15) is 0 Å². The van der Waals surface area contributed by atoms with Crippen molar-refractivity contribution in [3.05, 3.63) is 156 Å². The molecule has 6 heterocycles. The number of aromatic nitrogens is 4. The van der Waals surface area contributed by atoms with E-state index >= 15 is 0 Å². The highest BCUT2D eigenvalue weighted by Crippen LogP contribution is 2.51. The first-order chi connectivity index (χ1) is 27.8. The van der Waals surface area contributed by atoms with E-state index < -0.39 is 0 Å². The SMILES string of the molecule is c1ccc(-n2c3ccccc3c3cc4c5c(n6c7cc8c(cc7c(c32)c46)c2c3c(cc4c6c(n8c42)CCC6)c2ccccc2n3-c2ccccc2)CCC5)cc1. The van der Waals surface area contributed by atoms with E-state index in [-0.39, 0.29) is 0 Å². The molecule has 4 heteroatoms. The number of hydrogen-bond donors (Lipinski definition) is 0. The largest absolute Gasteiger partial charge is 0.312 e. The topological polar surface area (TPSA) is 18.7 Å². The van der Waals surface area contributed by atoms with Crippen molar-refractivity contribution >= 4 is 98.0 Å². The van der Waals surface area contributed by atoms with Gasteiger partial charge < -0.3 is 17.9 Å². The molecule has 0 unspecified atom stereocenters. The first-order valence-electron chi connectivity index (χ1n) is 20.4. The summed E-state index contributed by atoms with van der Waals surface area (Å²) < 4.78 is 10.5. The zero-order chi connectivity index (χ0) is 36.0. The molecule has 15 rings (SSSR count). The molecule has 6 aromatic heterocycles. The lowest BCUT2D eigenvalue weighted by Gasteiger charge is -2.10. The number of para-hydroxylation sites is 4. The van der Waals surface area contributed by atoms with Crippen LogP contribution in [0, 0.1) is 0 Å². The minimum absolute atomic E-state index is 1.13. The molecular formula is C52H34N4. The summed E-state index contributed by atoms with van der Waals surface area (Å²) in [6, 6.07) is 50.5. The highest BCUT2D eigenvalue weighted by molar-refractivity contribution is 6.35. The van der Waals surface area contributed by atoms with Gasteiger partial charge in [0, 0.05) is 76.6 Å². The molecule has 0 fully saturated rings. The first kappa shape index (κ1) is 28.6. The third-order valence-electron chi connectivity index (χ3n) is 14.0. The summed E-state index contributed by atoms with van der Waals surface area (Å²) in [6.45, 7) is 0. The summed E-state index contributed by atoms with van der Waals surface area (Å²) >= 11 is 0. The second kappa shape index (κ2) is 9.71. The number of fused-ring (bicyclic) bond motifs is 20. The minimum Gasteiger partial charge on any atom is -0.312 e. The summed E-state index contributed by atoms with van der Waals surface area (Å²) in [5, 5.41) is 13.7. The van der Waals surface area contributed by atoms with Crippen LogP contribution in [0.5, 0.6) is 0 Å². The molecule has 0 saturated carbocycles. The lowest BCUT2D eigenvalue weighted by molar-refractivity contribution is 0.889. The van der Waals surface area contributed by atoms with Crippen molar-refractivity contribution in [3.63, 3.8) is 0 Å². The Balaban J connectivity index is 1.23.